The van der Waals surface area contributed by atoms with Crippen molar-refractivity contribution in [2.75, 3.05) is 18.8 Å². The van der Waals surface area contributed by atoms with Gasteiger partial charge in [-0.1, -0.05) is 19.9 Å². The zero-order chi connectivity index (χ0) is 9.68. The monoisotopic (exact) mass is 179 g/mol. The van der Waals surface area contributed by atoms with E-state index in [1.807, 2.05) is 18.2 Å². The second-order valence-corrected chi connectivity index (χ2v) is 3.02. The van der Waals surface area contributed by atoms with E-state index in [2.05, 4.69) is 23.7 Å². The Morgan fingerprint density at radius 2 is 2.00 bits per heavy atom. The second-order valence-electron chi connectivity index (χ2n) is 3.02. The van der Waals surface area contributed by atoms with Gasteiger partial charge in [-0.05, 0) is 25.2 Å². The Bertz CT molecular complexity index is 256. The lowest BCUT2D eigenvalue weighted by Crippen LogP contribution is -2.22. The fraction of sp³-hybridized carbons (Fsp3) is 0.500. The highest BCUT2D eigenvalue weighted by molar-refractivity contribution is 5.28. The maximum Gasteiger partial charge on any atom is 0.123 e. The number of hydrogen-bond donors (Lipinski definition) is 1. The van der Waals surface area contributed by atoms with Crippen LogP contribution < -0.4 is 5.73 Å². The van der Waals surface area contributed by atoms with Crippen LogP contribution in [0.15, 0.2) is 18.2 Å². The number of rotatable bonds is 4. The molecule has 0 aliphatic heterocycles. The van der Waals surface area contributed by atoms with Crippen molar-refractivity contribution in [3.8, 4) is 0 Å². The number of pyridine rings is 1. The molecule has 0 aliphatic carbocycles. The van der Waals surface area contributed by atoms with E-state index in [4.69, 9.17) is 5.73 Å². The molecule has 1 aromatic rings. The van der Waals surface area contributed by atoms with Gasteiger partial charge < -0.3 is 5.73 Å². The van der Waals surface area contributed by atoms with E-state index in [1.165, 1.54) is 0 Å². The lowest BCUT2D eigenvalue weighted by Gasteiger charge is -2.17. The SMILES string of the molecule is CCN(CC)Cc1cccc(N)n1. The second kappa shape index (κ2) is 4.82. The maximum absolute atomic E-state index is 5.59. The molecule has 0 aliphatic rings. The van der Waals surface area contributed by atoms with E-state index in [9.17, 15) is 0 Å². The summed E-state index contributed by atoms with van der Waals surface area (Å²) in [5, 5.41) is 0. The first kappa shape index (κ1) is 9.99. The summed E-state index contributed by atoms with van der Waals surface area (Å²) in [5.74, 6) is 0.602. The quantitative estimate of drug-likeness (QED) is 0.761. The largest absolute Gasteiger partial charge is 0.384 e. The van der Waals surface area contributed by atoms with Gasteiger partial charge in [0.2, 0.25) is 0 Å². The Balaban J connectivity index is 2.62. The molecule has 0 saturated heterocycles. The smallest absolute Gasteiger partial charge is 0.123 e. The number of nitrogens with two attached hydrogens (primary N) is 1. The Hall–Kier alpha value is -1.09. The minimum absolute atomic E-state index is 0.602. The van der Waals surface area contributed by atoms with E-state index in [0.29, 0.717) is 5.82 Å². The molecule has 0 radical (unpaired) electrons. The number of nitrogen functional groups attached to an aromatic ring is 1. The lowest BCUT2D eigenvalue weighted by atomic mass is 10.3. The number of anilines is 1. The van der Waals surface area contributed by atoms with Gasteiger partial charge in [-0.2, -0.15) is 0 Å². The first-order chi connectivity index (χ1) is 6.26. The molecule has 0 saturated carbocycles. The van der Waals surface area contributed by atoms with Crippen molar-refractivity contribution in [1.29, 1.82) is 0 Å². The van der Waals surface area contributed by atoms with Crippen molar-refractivity contribution in [1.82, 2.24) is 9.88 Å². The van der Waals surface area contributed by atoms with E-state index in [1.54, 1.807) is 0 Å². The third-order valence-corrected chi connectivity index (χ3v) is 2.11. The molecule has 72 valence electrons. The molecule has 0 aromatic carbocycles. The topological polar surface area (TPSA) is 42.1 Å². The van der Waals surface area contributed by atoms with Crippen molar-refractivity contribution in [3.63, 3.8) is 0 Å². The minimum atomic E-state index is 0.602. The summed E-state index contributed by atoms with van der Waals surface area (Å²) < 4.78 is 0. The molecule has 3 nitrogen and oxygen atoms in total. The predicted octanol–water partition coefficient (Wildman–Crippen LogP) is 1.51. The molecule has 0 atom stereocenters. The normalized spacial score (nSPS) is 10.7. The van der Waals surface area contributed by atoms with Crippen LogP contribution in [0, 0.1) is 0 Å². The van der Waals surface area contributed by atoms with Gasteiger partial charge >= 0.3 is 0 Å². The number of hydrogen-bond acceptors (Lipinski definition) is 3. The highest BCUT2D eigenvalue weighted by Gasteiger charge is 2.01. The van der Waals surface area contributed by atoms with Gasteiger partial charge in [-0.25, -0.2) is 4.98 Å². The van der Waals surface area contributed by atoms with Gasteiger partial charge in [0, 0.05) is 6.54 Å². The Morgan fingerprint density at radius 1 is 1.31 bits per heavy atom. The third kappa shape index (κ3) is 3.03. The molecule has 1 heterocycles. The van der Waals surface area contributed by atoms with Crippen molar-refractivity contribution >= 4 is 5.82 Å². The molecule has 0 unspecified atom stereocenters. The van der Waals surface area contributed by atoms with Crippen LogP contribution in [0.1, 0.15) is 19.5 Å². The van der Waals surface area contributed by atoms with Crippen molar-refractivity contribution in [3.05, 3.63) is 23.9 Å². The van der Waals surface area contributed by atoms with Gasteiger partial charge in [0.15, 0.2) is 0 Å². The molecule has 0 amide bonds. The van der Waals surface area contributed by atoms with Crippen LogP contribution in [0.2, 0.25) is 0 Å². The van der Waals surface area contributed by atoms with Crippen LogP contribution in [-0.2, 0) is 6.54 Å². The average Bonchev–Trinajstić information content (AvgIpc) is 2.14. The molecule has 13 heavy (non-hydrogen) atoms. The first-order valence-electron chi connectivity index (χ1n) is 4.70. The van der Waals surface area contributed by atoms with Gasteiger partial charge in [0.25, 0.3) is 0 Å². The van der Waals surface area contributed by atoms with Crippen molar-refractivity contribution in [2.24, 2.45) is 0 Å². The highest BCUT2D eigenvalue weighted by atomic mass is 15.1. The minimum Gasteiger partial charge on any atom is -0.384 e. The fourth-order valence-electron chi connectivity index (χ4n) is 1.26. The molecule has 1 rings (SSSR count). The molecular formula is C10H17N3. The molecule has 3 heteroatoms. The summed E-state index contributed by atoms with van der Waals surface area (Å²) >= 11 is 0. The number of aromatic nitrogens is 1. The first-order valence-corrected chi connectivity index (χ1v) is 4.70. The van der Waals surface area contributed by atoms with Gasteiger partial charge in [-0.15, -0.1) is 0 Å². The van der Waals surface area contributed by atoms with Gasteiger partial charge in [-0.3, -0.25) is 4.90 Å². The van der Waals surface area contributed by atoms with Crippen LogP contribution in [0.5, 0.6) is 0 Å². The summed E-state index contributed by atoms with van der Waals surface area (Å²) in [6, 6.07) is 5.77. The van der Waals surface area contributed by atoms with Gasteiger partial charge in [0.05, 0.1) is 5.69 Å². The Labute approximate surface area is 79.6 Å². The standard InChI is InChI=1S/C10H17N3/c1-3-13(4-2)8-9-6-5-7-10(11)12-9/h5-7H,3-4,8H2,1-2H3,(H2,11,12). The summed E-state index contributed by atoms with van der Waals surface area (Å²) in [5.41, 5.74) is 6.63. The maximum atomic E-state index is 5.59. The molecule has 2 N–H and O–H groups in total. The molecule has 0 spiro atoms. The summed E-state index contributed by atoms with van der Waals surface area (Å²) in [6.07, 6.45) is 0. The van der Waals surface area contributed by atoms with E-state index >= 15 is 0 Å². The van der Waals surface area contributed by atoms with E-state index in [-0.39, 0.29) is 0 Å². The number of nitrogens with zero attached hydrogens (tertiary/aromatic N) is 2. The van der Waals surface area contributed by atoms with Crippen LogP contribution >= 0.6 is 0 Å². The van der Waals surface area contributed by atoms with Crippen LogP contribution in [0.4, 0.5) is 5.82 Å². The molecule has 0 bridgehead atoms. The lowest BCUT2D eigenvalue weighted by molar-refractivity contribution is 0.292. The molecular weight excluding hydrogens is 162 g/mol. The van der Waals surface area contributed by atoms with E-state index in [0.717, 1.165) is 25.3 Å². The zero-order valence-corrected chi connectivity index (χ0v) is 8.33. The fourth-order valence-corrected chi connectivity index (χ4v) is 1.26. The zero-order valence-electron chi connectivity index (χ0n) is 8.33. The Kier molecular flexibility index (Phi) is 3.71. The van der Waals surface area contributed by atoms with Crippen molar-refractivity contribution < 1.29 is 0 Å². The molecule has 1 aromatic heterocycles. The van der Waals surface area contributed by atoms with Crippen molar-refractivity contribution in [2.45, 2.75) is 20.4 Å². The summed E-state index contributed by atoms with van der Waals surface area (Å²) in [4.78, 5) is 6.55. The van der Waals surface area contributed by atoms with Crippen LogP contribution in [0.25, 0.3) is 0 Å². The molecule has 0 fully saturated rings. The third-order valence-electron chi connectivity index (χ3n) is 2.11. The van der Waals surface area contributed by atoms with Crippen LogP contribution in [0.3, 0.4) is 0 Å². The Morgan fingerprint density at radius 3 is 2.54 bits per heavy atom. The summed E-state index contributed by atoms with van der Waals surface area (Å²) in [6.45, 7) is 7.28. The highest BCUT2D eigenvalue weighted by Crippen LogP contribution is 2.03. The van der Waals surface area contributed by atoms with Gasteiger partial charge in [0.1, 0.15) is 5.82 Å². The predicted molar refractivity (Wildman–Crippen MR) is 55.3 cm³/mol. The van der Waals surface area contributed by atoms with E-state index < -0.39 is 0 Å². The average molecular weight is 179 g/mol. The summed E-state index contributed by atoms with van der Waals surface area (Å²) in [7, 11) is 0. The van der Waals surface area contributed by atoms with Crippen LogP contribution in [-0.4, -0.2) is 23.0 Å².